The highest BCUT2D eigenvalue weighted by atomic mass is 16.5. The summed E-state index contributed by atoms with van der Waals surface area (Å²) in [5.74, 6) is 1.55. The number of hydrogen-bond acceptors (Lipinski definition) is 6. The van der Waals surface area contributed by atoms with Gasteiger partial charge in [-0.05, 0) is 68.9 Å². The Labute approximate surface area is 202 Å². The molecular weight excluding hydrogens is 424 g/mol. The highest BCUT2D eigenvalue weighted by Crippen LogP contribution is 2.38. The van der Waals surface area contributed by atoms with Crippen LogP contribution in [0.1, 0.15) is 82.5 Å². The van der Waals surface area contributed by atoms with E-state index in [2.05, 4.69) is 53.6 Å². The van der Waals surface area contributed by atoms with E-state index < -0.39 is 0 Å². The zero-order chi connectivity index (χ0) is 24.1. The van der Waals surface area contributed by atoms with Gasteiger partial charge in [0, 0.05) is 23.2 Å². The molecule has 0 amide bonds. The number of nitrogens with one attached hydrogen (secondary N) is 1. The van der Waals surface area contributed by atoms with E-state index in [9.17, 15) is 5.26 Å². The Morgan fingerprint density at radius 1 is 1.24 bits per heavy atom. The van der Waals surface area contributed by atoms with Gasteiger partial charge in [0.1, 0.15) is 11.8 Å². The molecule has 1 heterocycles. The quantitative estimate of drug-likeness (QED) is 0.368. The maximum Gasteiger partial charge on any atom is 0.258 e. The number of unbranched alkanes of at least 4 members (excludes halogenated alkanes) is 1. The fourth-order valence-corrected chi connectivity index (χ4v) is 4.73. The largest absolute Gasteiger partial charge is 0.490 e. The Hall–Kier alpha value is -3.17. The summed E-state index contributed by atoms with van der Waals surface area (Å²) < 4.78 is 11.3. The first-order chi connectivity index (χ1) is 16.5. The van der Waals surface area contributed by atoms with Crippen LogP contribution in [0.5, 0.6) is 5.75 Å². The SMILES string of the molecule is CCCCC(CC)NC1CCc2c(-c3noc(-c4ccc(OC(C)C)c(C#N)c4)n3)cccc21. The average molecular weight is 459 g/mol. The summed E-state index contributed by atoms with van der Waals surface area (Å²) in [6.07, 6.45) is 6.93. The monoisotopic (exact) mass is 458 g/mol. The number of fused-ring (bicyclic) bond motifs is 1. The fourth-order valence-electron chi connectivity index (χ4n) is 4.73. The van der Waals surface area contributed by atoms with Gasteiger partial charge in [-0.2, -0.15) is 10.2 Å². The van der Waals surface area contributed by atoms with E-state index in [1.165, 1.54) is 30.4 Å². The maximum absolute atomic E-state index is 9.54. The van der Waals surface area contributed by atoms with E-state index in [0.29, 0.717) is 40.7 Å². The Morgan fingerprint density at radius 3 is 2.82 bits per heavy atom. The van der Waals surface area contributed by atoms with Crippen molar-refractivity contribution in [2.75, 3.05) is 0 Å². The standard InChI is InChI=1S/C28H34N4O2/c1-5-7-9-21(6-2)30-25-14-13-22-23(25)10-8-11-24(22)27-31-28(34-32-27)19-12-15-26(33-18(3)4)20(16-19)17-29/h8,10-12,15-16,18,21,25,30H,5-7,9,13-14H2,1-4H3. The van der Waals surface area contributed by atoms with Crippen LogP contribution in [0, 0.1) is 11.3 Å². The number of nitriles is 1. The molecule has 6 heteroatoms. The van der Waals surface area contributed by atoms with Crippen LogP contribution in [0.25, 0.3) is 22.8 Å². The second-order valence-corrected chi connectivity index (χ2v) is 9.29. The number of benzene rings is 2. The summed E-state index contributed by atoms with van der Waals surface area (Å²) in [7, 11) is 0. The van der Waals surface area contributed by atoms with Crippen molar-refractivity contribution < 1.29 is 9.26 Å². The fraction of sp³-hybridized carbons (Fsp3) is 0.464. The molecule has 6 nitrogen and oxygen atoms in total. The van der Waals surface area contributed by atoms with Crippen molar-refractivity contribution in [3.05, 3.63) is 53.1 Å². The van der Waals surface area contributed by atoms with Crippen molar-refractivity contribution in [1.29, 1.82) is 5.26 Å². The van der Waals surface area contributed by atoms with Gasteiger partial charge in [0.2, 0.25) is 5.82 Å². The molecule has 34 heavy (non-hydrogen) atoms. The molecule has 3 aromatic rings. The molecule has 0 fully saturated rings. The molecule has 4 rings (SSSR count). The van der Waals surface area contributed by atoms with Gasteiger partial charge in [0.05, 0.1) is 11.7 Å². The first-order valence-electron chi connectivity index (χ1n) is 12.5. The van der Waals surface area contributed by atoms with Gasteiger partial charge in [0.25, 0.3) is 5.89 Å². The van der Waals surface area contributed by atoms with Crippen LogP contribution in [0.3, 0.4) is 0 Å². The molecule has 2 unspecified atom stereocenters. The van der Waals surface area contributed by atoms with E-state index in [-0.39, 0.29) is 6.10 Å². The lowest BCUT2D eigenvalue weighted by Crippen LogP contribution is -2.31. The minimum Gasteiger partial charge on any atom is -0.490 e. The molecule has 0 saturated carbocycles. The van der Waals surface area contributed by atoms with Gasteiger partial charge < -0.3 is 14.6 Å². The van der Waals surface area contributed by atoms with E-state index in [0.717, 1.165) is 24.8 Å². The first-order valence-corrected chi connectivity index (χ1v) is 12.5. The molecule has 0 spiro atoms. The number of nitrogens with zero attached hydrogens (tertiary/aromatic N) is 3. The molecule has 178 valence electrons. The first kappa shape index (κ1) is 24.0. The number of aromatic nitrogens is 2. The van der Waals surface area contributed by atoms with Crippen molar-refractivity contribution in [3.63, 3.8) is 0 Å². The molecule has 1 aliphatic carbocycles. The lowest BCUT2D eigenvalue weighted by Gasteiger charge is -2.22. The lowest BCUT2D eigenvalue weighted by molar-refractivity contribution is 0.241. The predicted octanol–water partition coefficient (Wildman–Crippen LogP) is 6.61. The molecule has 1 aromatic heterocycles. The van der Waals surface area contributed by atoms with Gasteiger partial charge in [-0.15, -0.1) is 0 Å². The number of rotatable bonds is 10. The second-order valence-electron chi connectivity index (χ2n) is 9.29. The summed E-state index contributed by atoms with van der Waals surface area (Å²) in [5, 5.41) is 17.7. The molecule has 0 aliphatic heterocycles. The molecular formula is C28H34N4O2. The zero-order valence-corrected chi connectivity index (χ0v) is 20.6. The van der Waals surface area contributed by atoms with E-state index >= 15 is 0 Å². The highest BCUT2D eigenvalue weighted by Gasteiger charge is 2.28. The Kier molecular flexibility index (Phi) is 7.64. The Balaban J connectivity index is 1.57. The third-order valence-electron chi connectivity index (χ3n) is 6.48. The van der Waals surface area contributed by atoms with Gasteiger partial charge >= 0.3 is 0 Å². The van der Waals surface area contributed by atoms with Crippen LogP contribution in [-0.2, 0) is 6.42 Å². The minimum atomic E-state index is -0.00861. The van der Waals surface area contributed by atoms with Crippen LogP contribution in [0.2, 0.25) is 0 Å². The maximum atomic E-state index is 9.54. The number of hydrogen-bond donors (Lipinski definition) is 1. The summed E-state index contributed by atoms with van der Waals surface area (Å²) in [5.41, 5.74) is 4.84. The third-order valence-corrected chi connectivity index (χ3v) is 6.48. The molecule has 1 aliphatic rings. The van der Waals surface area contributed by atoms with Crippen molar-refractivity contribution in [2.24, 2.45) is 0 Å². The Bertz CT molecular complexity index is 1160. The minimum absolute atomic E-state index is 0.00861. The smallest absolute Gasteiger partial charge is 0.258 e. The Morgan fingerprint density at radius 2 is 2.09 bits per heavy atom. The summed E-state index contributed by atoms with van der Waals surface area (Å²) in [6.45, 7) is 8.38. The molecule has 2 atom stereocenters. The van der Waals surface area contributed by atoms with Crippen LogP contribution in [0.4, 0.5) is 0 Å². The third kappa shape index (κ3) is 5.15. The highest BCUT2D eigenvalue weighted by molar-refractivity contribution is 5.67. The van der Waals surface area contributed by atoms with Crippen molar-refractivity contribution >= 4 is 0 Å². The molecule has 0 saturated heterocycles. The van der Waals surface area contributed by atoms with Crippen LogP contribution in [-0.4, -0.2) is 22.3 Å². The summed E-state index contributed by atoms with van der Waals surface area (Å²) >= 11 is 0. The van der Waals surface area contributed by atoms with Gasteiger partial charge in [-0.1, -0.05) is 50.0 Å². The molecule has 0 radical (unpaired) electrons. The molecule has 1 N–H and O–H groups in total. The van der Waals surface area contributed by atoms with Crippen molar-refractivity contribution in [2.45, 2.75) is 84.4 Å². The van der Waals surface area contributed by atoms with Gasteiger partial charge in [-0.25, -0.2) is 0 Å². The normalized spacial score (nSPS) is 15.8. The topological polar surface area (TPSA) is 84.0 Å². The molecule has 2 aromatic carbocycles. The van der Waals surface area contributed by atoms with Gasteiger partial charge in [0.15, 0.2) is 0 Å². The summed E-state index contributed by atoms with van der Waals surface area (Å²) in [6, 6.07) is 14.9. The van der Waals surface area contributed by atoms with Gasteiger partial charge in [-0.3, -0.25) is 0 Å². The zero-order valence-electron chi connectivity index (χ0n) is 20.6. The van der Waals surface area contributed by atoms with Crippen molar-refractivity contribution in [3.8, 4) is 34.7 Å². The summed E-state index contributed by atoms with van der Waals surface area (Å²) in [4.78, 5) is 4.69. The lowest BCUT2D eigenvalue weighted by atomic mass is 10.0. The van der Waals surface area contributed by atoms with E-state index in [4.69, 9.17) is 9.26 Å². The average Bonchev–Trinajstić information content (AvgIpc) is 3.49. The van der Waals surface area contributed by atoms with E-state index in [1.807, 2.05) is 19.9 Å². The van der Waals surface area contributed by atoms with Crippen LogP contribution < -0.4 is 10.1 Å². The van der Waals surface area contributed by atoms with Crippen LogP contribution in [0.15, 0.2) is 40.9 Å². The van der Waals surface area contributed by atoms with Crippen molar-refractivity contribution in [1.82, 2.24) is 15.5 Å². The van der Waals surface area contributed by atoms with E-state index in [1.54, 1.807) is 12.1 Å². The second kappa shape index (κ2) is 10.8. The predicted molar refractivity (Wildman–Crippen MR) is 133 cm³/mol. The number of ether oxygens (including phenoxy) is 1. The molecule has 0 bridgehead atoms. The van der Waals surface area contributed by atoms with Crippen LogP contribution >= 0.6 is 0 Å².